The molecule has 0 aliphatic carbocycles. The molecule has 3 aromatic carbocycles. The van der Waals surface area contributed by atoms with Crippen molar-refractivity contribution in [3.05, 3.63) is 102 Å². The largest absolute Gasteiger partial charge is 0.486 e. The number of hydrogen-bond donors (Lipinski definition) is 1. The van der Waals surface area contributed by atoms with Crippen LogP contribution in [0.15, 0.2) is 60.2 Å². The second-order valence-electron chi connectivity index (χ2n) is 6.74. The highest BCUT2D eigenvalue weighted by Crippen LogP contribution is 2.36. The average Bonchev–Trinajstić information content (AvgIpc) is 2.79. The van der Waals surface area contributed by atoms with Crippen molar-refractivity contribution in [3.8, 4) is 11.8 Å². The average molecular weight is 537 g/mol. The Labute approximate surface area is 214 Å². The van der Waals surface area contributed by atoms with Gasteiger partial charge in [0.25, 0.3) is 11.6 Å². The van der Waals surface area contributed by atoms with Crippen LogP contribution in [0, 0.1) is 21.4 Å². The number of benzene rings is 3. The first-order valence-corrected chi connectivity index (χ1v) is 10.9. The highest BCUT2D eigenvalue weighted by molar-refractivity contribution is 6.37. The summed E-state index contributed by atoms with van der Waals surface area (Å²) < 4.78 is 5.70. The molecule has 0 saturated heterocycles. The van der Waals surface area contributed by atoms with Crippen LogP contribution in [0.4, 0.5) is 11.4 Å². The van der Waals surface area contributed by atoms with Crippen LogP contribution in [-0.2, 0) is 11.4 Å². The molecule has 3 aromatic rings. The van der Waals surface area contributed by atoms with E-state index in [1.54, 1.807) is 24.3 Å². The summed E-state index contributed by atoms with van der Waals surface area (Å²) in [6, 6.07) is 15.6. The van der Waals surface area contributed by atoms with Crippen molar-refractivity contribution in [1.29, 1.82) is 5.26 Å². The van der Waals surface area contributed by atoms with E-state index in [-0.39, 0.29) is 38.7 Å². The van der Waals surface area contributed by atoms with Crippen LogP contribution in [-0.4, -0.2) is 10.8 Å². The number of carbonyl (C=O) groups excluding carboxylic acids is 1. The van der Waals surface area contributed by atoms with Crippen LogP contribution < -0.4 is 10.1 Å². The van der Waals surface area contributed by atoms with Gasteiger partial charge in [0, 0.05) is 21.7 Å². The molecule has 172 valence electrons. The van der Waals surface area contributed by atoms with Gasteiger partial charge < -0.3 is 10.1 Å². The van der Waals surface area contributed by atoms with Gasteiger partial charge in [0.05, 0.1) is 15.0 Å². The lowest BCUT2D eigenvalue weighted by Crippen LogP contribution is -2.14. The van der Waals surface area contributed by atoms with Crippen LogP contribution >= 0.6 is 46.4 Å². The van der Waals surface area contributed by atoms with Gasteiger partial charge in [0.1, 0.15) is 23.9 Å². The van der Waals surface area contributed by atoms with Gasteiger partial charge in [-0.05, 0) is 42.0 Å². The van der Waals surface area contributed by atoms with E-state index in [0.717, 1.165) is 11.6 Å². The Bertz CT molecular complexity index is 1330. The van der Waals surface area contributed by atoms with Gasteiger partial charge in [-0.25, -0.2) is 0 Å². The fraction of sp³-hybridized carbons (Fsp3) is 0.0435. The number of halogens is 4. The second kappa shape index (κ2) is 11.2. The van der Waals surface area contributed by atoms with Gasteiger partial charge in [-0.15, -0.1) is 0 Å². The van der Waals surface area contributed by atoms with Crippen molar-refractivity contribution >= 4 is 69.8 Å². The first-order valence-electron chi connectivity index (χ1n) is 9.42. The monoisotopic (exact) mass is 535 g/mol. The third-order valence-corrected chi connectivity index (χ3v) is 5.60. The molecule has 0 radical (unpaired) electrons. The molecule has 34 heavy (non-hydrogen) atoms. The van der Waals surface area contributed by atoms with Crippen molar-refractivity contribution < 1.29 is 14.5 Å². The minimum atomic E-state index is -0.862. The Hall–Kier alpha value is -3.28. The lowest BCUT2D eigenvalue weighted by atomic mass is 10.1. The van der Waals surface area contributed by atoms with Crippen molar-refractivity contribution in [1.82, 2.24) is 0 Å². The van der Waals surface area contributed by atoms with Gasteiger partial charge in [-0.3, -0.25) is 14.9 Å². The zero-order valence-electron chi connectivity index (χ0n) is 17.0. The molecule has 1 N–H and O–H groups in total. The molecule has 11 heteroatoms. The summed E-state index contributed by atoms with van der Waals surface area (Å²) in [7, 11) is 0. The summed E-state index contributed by atoms with van der Waals surface area (Å²) in [5.74, 6) is -0.653. The molecule has 0 aliphatic rings. The number of carbonyl (C=O) groups is 1. The summed E-state index contributed by atoms with van der Waals surface area (Å²) in [6.45, 7) is 0.125. The summed E-state index contributed by atoms with van der Waals surface area (Å²) >= 11 is 24.5. The zero-order valence-corrected chi connectivity index (χ0v) is 20.0. The second-order valence-corrected chi connectivity index (χ2v) is 8.39. The number of nitrogens with zero attached hydrogens (tertiary/aromatic N) is 2. The molecule has 1 amide bonds. The first-order chi connectivity index (χ1) is 16.2. The first kappa shape index (κ1) is 25.3. The minimum Gasteiger partial charge on any atom is -0.486 e. The third-order valence-electron chi connectivity index (χ3n) is 4.43. The Kier molecular flexibility index (Phi) is 8.37. The number of nitriles is 1. The van der Waals surface area contributed by atoms with Gasteiger partial charge in [0.15, 0.2) is 5.75 Å². The number of ether oxygens (including phenoxy) is 1. The van der Waals surface area contributed by atoms with Crippen LogP contribution in [0.5, 0.6) is 5.75 Å². The van der Waals surface area contributed by atoms with E-state index in [4.69, 9.17) is 51.1 Å². The van der Waals surface area contributed by atoms with Crippen LogP contribution in [0.1, 0.15) is 11.1 Å². The SMILES string of the molecule is N#C/C(=C/c1cc(Cl)c(OCc2ccccc2Cl)c(Cl)c1)C(=O)Nc1ccc(Cl)cc1[N+](=O)[O-]. The van der Waals surface area contributed by atoms with Crippen molar-refractivity contribution in [2.24, 2.45) is 0 Å². The number of amides is 1. The molecule has 0 unspecified atom stereocenters. The Morgan fingerprint density at radius 3 is 2.35 bits per heavy atom. The molecule has 0 bridgehead atoms. The van der Waals surface area contributed by atoms with Gasteiger partial charge in [-0.1, -0.05) is 64.6 Å². The normalized spacial score (nSPS) is 11.0. The molecule has 0 atom stereocenters. The summed E-state index contributed by atoms with van der Waals surface area (Å²) in [5.41, 5.74) is 0.225. The molecule has 0 heterocycles. The number of nitrogens with one attached hydrogen (secondary N) is 1. The van der Waals surface area contributed by atoms with Crippen molar-refractivity contribution in [3.63, 3.8) is 0 Å². The number of hydrogen-bond acceptors (Lipinski definition) is 5. The van der Waals surface area contributed by atoms with E-state index < -0.39 is 16.5 Å². The molecule has 3 rings (SSSR count). The lowest BCUT2D eigenvalue weighted by Gasteiger charge is -2.12. The molecule has 7 nitrogen and oxygen atoms in total. The quantitative estimate of drug-likeness (QED) is 0.147. The number of nitro groups is 1. The predicted octanol–water partition coefficient (Wildman–Crippen LogP) is 7.33. The van der Waals surface area contributed by atoms with E-state index >= 15 is 0 Å². The topological polar surface area (TPSA) is 105 Å². The van der Waals surface area contributed by atoms with E-state index in [2.05, 4.69) is 5.32 Å². The maximum Gasteiger partial charge on any atom is 0.294 e. The van der Waals surface area contributed by atoms with E-state index in [1.165, 1.54) is 30.3 Å². The highest BCUT2D eigenvalue weighted by Gasteiger charge is 2.19. The molecule has 0 aromatic heterocycles. The summed E-state index contributed by atoms with van der Waals surface area (Å²) in [5, 5.41) is 24.0. The highest BCUT2D eigenvalue weighted by atomic mass is 35.5. The molecule has 0 fully saturated rings. The number of anilines is 1. The number of rotatable bonds is 7. The Morgan fingerprint density at radius 2 is 1.74 bits per heavy atom. The maximum atomic E-state index is 12.6. The molecule has 0 aliphatic heterocycles. The van der Waals surface area contributed by atoms with Crippen LogP contribution in [0.25, 0.3) is 6.08 Å². The van der Waals surface area contributed by atoms with Gasteiger partial charge in [0.2, 0.25) is 0 Å². The fourth-order valence-corrected chi connectivity index (χ4v) is 3.80. The van der Waals surface area contributed by atoms with E-state index in [0.29, 0.717) is 10.6 Å². The van der Waals surface area contributed by atoms with Crippen molar-refractivity contribution in [2.45, 2.75) is 6.61 Å². The van der Waals surface area contributed by atoms with E-state index in [9.17, 15) is 20.2 Å². The third kappa shape index (κ3) is 6.19. The summed E-state index contributed by atoms with van der Waals surface area (Å²) in [6.07, 6.45) is 1.24. The Balaban J connectivity index is 1.82. The van der Waals surface area contributed by atoms with E-state index in [1.807, 2.05) is 6.07 Å². The van der Waals surface area contributed by atoms with Gasteiger partial charge >= 0.3 is 0 Å². The number of nitro benzene ring substituents is 1. The standard InChI is InChI=1S/C23H13Cl4N3O4/c24-16-5-6-20(21(10-16)30(32)33)29-23(31)15(11-28)7-13-8-18(26)22(19(27)9-13)34-12-14-3-1-2-4-17(14)25/h1-10H,12H2,(H,29,31)/b15-7-. The Morgan fingerprint density at radius 1 is 1.06 bits per heavy atom. The van der Waals surface area contributed by atoms with Crippen LogP contribution in [0.2, 0.25) is 20.1 Å². The van der Waals surface area contributed by atoms with Gasteiger partial charge in [-0.2, -0.15) is 5.26 Å². The minimum absolute atomic E-state index is 0.111. The lowest BCUT2D eigenvalue weighted by molar-refractivity contribution is -0.383. The van der Waals surface area contributed by atoms with Crippen LogP contribution in [0.3, 0.4) is 0 Å². The molecular formula is C23H13Cl4N3O4. The fourth-order valence-electron chi connectivity index (χ4n) is 2.83. The zero-order chi connectivity index (χ0) is 24.8. The molecule has 0 saturated carbocycles. The smallest absolute Gasteiger partial charge is 0.294 e. The predicted molar refractivity (Wildman–Crippen MR) is 133 cm³/mol. The van der Waals surface area contributed by atoms with Crippen molar-refractivity contribution in [2.75, 3.05) is 5.32 Å². The summed E-state index contributed by atoms with van der Waals surface area (Å²) in [4.78, 5) is 23.1. The molecule has 0 spiro atoms. The maximum absolute atomic E-state index is 12.6. The molecular weight excluding hydrogens is 524 g/mol.